The zero-order chi connectivity index (χ0) is 14.0. The molecule has 4 nitrogen and oxygen atoms in total. The number of carbonyl (C=O) groups excluding carboxylic acids is 1. The molecule has 0 fully saturated rings. The summed E-state index contributed by atoms with van der Waals surface area (Å²) in [4.78, 5) is 14.1. The van der Waals surface area contributed by atoms with Gasteiger partial charge in [0.15, 0.2) is 6.10 Å². The topological polar surface area (TPSA) is 41.6 Å². The zero-order valence-corrected chi connectivity index (χ0v) is 12.1. The lowest BCUT2D eigenvalue weighted by Gasteiger charge is -2.36. The van der Waals surface area contributed by atoms with E-state index in [0.29, 0.717) is 0 Å². The maximum atomic E-state index is 12.2. The van der Waals surface area contributed by atoms with Crippen LogP contribution in [0.5, 0.6) is 5.75 Å². The molecule has 1 atom stereocenters. The van der Waals surface area contributed by atoms with Gasteiger partial charge in [-0.05, 0) is 58.5 Å². The maximum Gasteiger partial charge on any atom is 0.268 e. The van der Waals surface area contributed by atoms with Crippen molar-refractivity contribution in [2.24, 2.45) is 0 Å². The van der Waals surface area contributed by atoms with Crippen molar-refractivity contribution in [1.29, 1.82) is 0 Å². The van der Waals surface area contributed by atoms with Crippen LogP contribution in [0.2, 0.25) is 0 Å². The largest absolute Gasteiger partial charge is 0.479 e. The third-order valence-corrected chi connectivity index (χ3v) is 3.35. The molecule has 1 aromatic carbocycles. The van der Waals surface area contributed by atoms with Crippen molar-refractivity contribution in [3.05, 3.63) is 23.8 Å². The van der Waals surface area contributed by atoms with Crippen LogP contribution in [-0.4, -0.2) is 31.6 Å². The summed E-state index contributed by atoms with van der Waals surface area (Å²) in [7, 11) is 1.94. The normalized spacial score (nSPS) is 18.5. The van der Waals surface area contributed by atoms with Gasteiger partial charge >= 0.3 is 0 Å². The fourth-order valence-corrected chi connectivity index (χ4v) is 2.36. The molecule has 1 N–H and O–H groups in total. The molecule has 0 spiro atoms. The van der Waals surface area contributed by atoms with E-state index in [-0.39, 0.29) is 11.9 Å². The summed E-state index contributed by atoms with van der Waals surface area (Å²) in [6.07, 6.45) is 0.539. The Kier molecular flexibility index (Phi) is 4.10. The Hall–Kier alpha value is -1.55. The molecular formula is C15H22N2O2. The van der Waals surface area contributed by atoms with Crippen molar-refractivity contribution < 1.29 is 9.53 Å². The molecule has 1 aromatic rings. The number of hydrogen-bond acceptors (Lipinski definition) is 3. The van der Waals surface area contributed by atoms with Gasteiger partial charge in [0, 0.05) is 6.04 Å². The number of ether oxygens (including phenoxy) is 1. The molecule has 0 radical (unpaired) electrons. The second-order valence-electron chi connectivity index (χ2n) is 5.22. The first-order valence-electron chi connectivity index (χ1n) is 6.82. The van der Waals surface area contributed by atoms with Crippen LogP contribution in [0, 0.1) is 0 Å². The summed E-state index contributed by atoms with van der Waals surface area (Å²) in [5.41, 5.74) is 2.11. The zero-order valence-electron chi connectivity index (χ0n) is 12.1. The van der Waals surface area contributed by atoms with E-state index >= 15 is 0 Å². The van der Waals surface area contributed by atoms with Crippen LogP contribution >= 0.6 is 0 Å². The van der Waals surface area contributed by atoms with Crippen molar-refractivity contribution in [3.63, 3.8) is 0 Å². The van der Waals surface area contributed by atoms with E-state index in [1.165, 1.54) is 5.56 Å². The molecule has 104 valence electrons. The van der Waals surface area contributed by atoms with E-state index in [2.05, 4.69) is 17.4 Å². The number of rotatable bonds is 4. The lowest BCUT2D eigenvalue weighted by Crippen LogP contribution is -2.47. The van der Waals surface area contributed by atoms with Crippen molar-refractivity contribution in [1.82, 2.24) is 5.32 Å². The standard InChI is InChI=1S/C15H22N2O2/c1-10(2)17-13-9-12(7-8-16-4)5-6-14(13)19-11(3)15(17)18/h5-6,9-11,16H,7-8H2,1-4H3. The Bertz CT molecular complexity index is 471. The Balaban J connectivity index is 2.37. The van der Waals surface area contributed by atoms with E-state index in [4.69, 9.17) is 4.74 Å². The van der Waals surface area contributed by atoms with E-state index in [1.54, 1.807) is 6.92 Å². The summed E-state index contributed by atoms with van der Waals surface area (Å²) in [6.45, 7) is 6.78. The maximum absolute atomic E-state index is 12.2. The first-order chi connectivity index (χ1) is 9.04. The van der Waals surface area contributed by atoms with Crippen LogP contribution in [0.15, 0.2) is 18.2 Å². The fourth-order valence-electron chi connectivity index (χ4n) is 2.36. The number of fused-ring (bicyclic) bond motifs is 1. The van der Waals surface area contributed by atoms with Crippen molar-refractivity contribution in [2.75, 3.05) is 18.5 Å². The minimum Gasteiger partial charge on any atom is -0.479 e. The Morgan fingerprint density at radius 3 is 2.79 bits per heavy atom. The second-order valence-corrected chi connectivity index (χ2v) is 5.22. The number of benzene rings is 1. The molecule has 0 saturated heterocycles. The Morgan fingerprint density at radius 1 is 1.42 bits per heavy atom. The lowest BCUT2D eigenvalue weighted by molar-refractivity contribution is -0.125. The summed E-state index contributed by atoms with van der Waals surface area (Å²) in [5.74, 6) is 0.835. The van der Waals surface area contributed by atoms with Crippen molar-refractivity contribution >= 4 is 11.6 Å². The first kappa shape index (κ1) is 13.9. The summed E-state index contributed by atoms with van der Waals surface area (Å²) in [5, 5.41) is 3.13. The van der Waals surface area contributed by atoms with Crippen LogP contribution in [0.3, 0.4) is 0 Å². The third-order valence-electron chi connectivity index (χ3n) is 3.35. The average molecular weight is 262 g/mol. The molecule has 0 aromatic heterocycles. The SMILES string of the molecule is CNCCc1ccc2c(c1)N(C(C)C)C(=O)C(C)O2. The molecule has 19 heavy (non-hydrogen) atoms. The van der Waals surface area contributed by atoms with Crippen LogP contribution in [0.25, 0.3) is 0 Å². The molecule has 0 aliphatic carbocycles. The quantitative estimate of drug-likeness (QED) is 0.902. The highest BCUT2D eigenvalue weighted by Gasteiger charge is 2.33. The van der Waals surface area contributed by atoms with Gasteiger partial charge in [-0.3, -0.25) is 4.79 Å². The van der Waals surface area contributed by atoms with Crippen molar-refractivity contribution in [3.8, 4) is 5.75 Å². The highest BCUT2D eigenvalue weighted by molar-refractivity contribution is 6.00. The van der Waals surface area contributed by atoms with Gasteiger partial charge in [0.2, 0.25) is 0 Å². The predicted molar refractivity (Wildman–Crippen MR) is 76.8 cm³/mol. The van der Waals surface area contributed by atoms with Gasteiger partial charge in [-0.25, -0.2) is 0 Å². The predicted octanol–water partition coefficient (Wildman–Crippen LogP) is 1.97. The first-order valence-corrected chi connectivity index (χ1v) is 6.82. The van der Waals surface area contributed by atoms with E-state index in [9.17, 15) is 4.79 Å². The van der Waals surface area contributed by atoms with Crippen LogP contribution in [0.4, 0.5) is 5.69 Å². The van der Waals surface area contributed by atoms with Crippen LogP contribution < -0.4 is 15.0 Å². The minimum atomic E-state index is -0.405. The van der Waals surface area contributed by atoms with Gasteiger partial charge in [-0.15, -0.1) is 0 Å². The molecule has 1 heterocycles. The highest BCUT2D eigenvalue weighted by Crippen LogP contribution is 2.36. The lowest BCUT2D eigenvalue weighted by atomic mass is 10.1. The molecule has 1 amide bonds. The monoisotopic (exact) mass is 262 g/mol. The van der Waals surface area contributed by atoms with E-state index < -0.39 is 6.10 Å². The van der Waals surface area contributed by atoms with Gasteiger partial charge in [-0.1, -0.05) is 6.07 Å². The molecule has 4 heteroatoms. The molecule has 2 rings (SSSR count). The van der Waals surface area contributed by atoms with Gasteiger partial charge in [0.05, 0.1) is 5.69 Å². The van der Waals surface area contributed by atoms with E-state index in [1.807, 2.05) is 31.9 Å². The number of carbonyl (C=O) groups is 1. The van der Waals surface area contributed by atoms with Crippen LogP contribution in [0.1, 0.15) is 26.3 Å². The highest BCUT2D eigenvalue weighted by atomic mass is 16.5. The number of amides is 1. The van der Waals surface area contributed by atoms with Gasteiger partial charge in [0.1, 0.15) is 5.75 Å². The average Bonchev–Trinajstić information content (AvgIpc) is 2.37. The molecular weight excluding hydrogens is 240 g/mol. The minimum absolute atomic E-state index is 0.0354. The third kappa shape index (κ3) is 2.73. The van der Waals surface area contributed by atoms with Crippen LogP contribution in [-0.2, 0) is 11.2 Å². The number of nitrogens with zero attached hydrogens (tertiary/aromatic N) is 1. The molecule has 1 aliphatic heterocycles. The number of likely N-dealkylation sites (N-methyl/N-ethyl adjacent to an activating group) is 1. The summed E-state index contributed by atoms with van der Waals surface area (Å²) >= 11 is 0. The van der Waals surface area contributed by atoms with E-state index in [0.717, 1.165) is 24.4 Å². The molecule has 0 bridgehead atoms. The number of nitrogens with one attached hydrogen (secondary N) is 1. The number of anilines is 1. The van der Waals surface area contributed by atoms with Crippen molar-refractivity contribution in [2.45, 2.75) is 39.3 Å². The molecule has 1 aliphatic rings. The number of hydrogen-bond donors (Lipinski definition) is 1. The Morgan fingerprint density at radius 2 is 2.16 bits per heavy atom. The van der Waals surface area contributed by atoms with Gasteiger partial charge in [-0.2, -0.15) is 0 Å². The Labute approximate surface area is 114 Å². The van der Waals surface area contributed by atoms with Gasteiger partial charge in [0.25, 0.3) is 5.91 Å². The molecule has 1 unspecified atom stereocenters. The fraction of sp³-hybridized carbons (Fsp3) is 0.533. The smallest absolute Gasteiger partial charge is 0.268 e. The summed E-state index contributed by atoms with van der Waals surface area (Å²) < 4.78 is 5.68. The molecule has 0 saturated carbocycles. The summed E-state index contributed by atoms with van der Waals surface area (Å²) in [6, 6.07) is 6.24. The van der Waals surface area contributed by atoms with Gasteiger partial charge < -0.3 is 15.0 Å². The second kappa shape index (κ2) is 5.61.